The van der Waals surface area contributed by atoms with Crippen LogP contribution in [0.15, 0.2) is 60.8 Å². The monoisotopic (exact) mass is 344 g/mol. The molecule has 5 heteroatoms. The Labute approximate surface area is 151 Å². The SMILES string of the molecule is Cc1nn(-c2ccccc2)c(C)c1CC(=O)Nc1ccc2[nH]ccc2c1. The Hall–Kier alpha value is -3.34. The van der Waals surface area contributed by atoms with Crippen LogP contribution >= 0.6 is 0 Å². The van der Waals surface area contributed by atoms with Crippen LogP contribution in [-0.4, -0.2) is 20.7 Å². The maximum absolute atomic E-state index is 12.6. The highest BCUT2D eigenvalue weighted by Crippen LogP contribution is 2.20. The summed E-state index contributed by atoms with van der Waals surface area (Å²) in [5, 5.41) is 8.67. The summed E-state index contributed by atoms with van der Waals surface area (Å²) in [7, 11) is 0. The Morgan fingerprint density at radius 3 is 2.73 bits per heavy atom. The van der Waals surface area contributed by atoms with Gasteiger partial charge in [0.15, 0.2) is 0 Å². The van der Waals surface area contributed by atoms with Gasteiger partial charge < -0.3 is 10.3 Å². The molecule has 2 heterocycles. The first-order chi connectivity index (χ1) is 12.6. The first kappa shape index (κ1) is 16.1. The summed E-state index contributed by atoms with van der Waals surface area (Å²) < 4.78 is 1.89. The van der Waals surface area contributed by atoms with Crippen LogP contribution in [0.25, 0.3) is 16.6 Å². The summed E-state index contributed by atoms with van der Waals surface area (Å²) in [5.74, 6) is -0.0429. The number of nitrogens with one attached hydrogen (secondary N) is 2. The van der Waals surface area contributed by atoms with Crippen LogP contribution in [0.4, 0.5) is 5.69 Å². The van der Waals surface area contributed by atoms with Crippen LogP contribution in [0.2, 0.25) is 0 Å². The highest BCUT2D eigenvalue weighted by Gasteiger charge is 2.16. The molecule has 0 aliphatic heterocycles. The van der Waals surface area contributed by atoms with Crippen molar-refractivity contribution in [1.29, 1.82) is 0 Å². The zero-order valence-corrected chi connectivity index (χ0v) is 14.8. The van der Waals surface area contributed by atoms with Gasteiger partial charge in [0.1, 0.15) is 0 Å². The summed E-state index contributed by atoms with van der Waals surface area (Å²) in [6.07, 6.45) is 2.19. The van der Waals surface area contributed by atoms with Crippen molar-refractivity contribution in [3.05, 3.63) is 77.7 Å². The number of aryl methyl sites for hydroxylation is 1. The lowest BCUT2D eigenvalue weighted by molar-refractivity contribution is -0.115. The summed E-state index contributed by atoms with van der Waals surface area (Å²) in [6.45, 7) is 3.95. The van der Waals surface area contributed by atoms with Gasteiger partial charge in [-0.2, -0.15) is 5.10 Å². The molecule has 0 radical (unpaired) electrons. The van der Waals surface area contributed by atoms with Gasteiger partial charge in [-0.25, -0.2) is 4.68 Å². The van der Waals surface area contributed by atoms with Crippen molar-refractivity contribution in [3.63, 3.8) is 0 Å². The van der Waals surface area contributed by atoms with Gasteiger partial charge in [-0.05, 0) is 50.2 Å². The lowest BCUT2D eigenvalue weighted by atomic mass is 10.1. The molecule has 0 aliphatic carbocycles. The summed E-state index contributed by atoms with van der Waals surface area (Å²) in [4.78, 5) is 15.7. The fourth-order valence-electron chi connectivity index (χ4n) is 3.25. The van der Waals surface area contributed by atoms with E-state index < -0.39 is 0 Å². The summed E-state index contributed by atoms with van der Waals surface area (Å²) >= 11 is 0. The molecule has 0 saturated heterocycles. The zero-order chi connectivity index (χ0) is 18.1. The van der Waals surface area contributed by atoms with E-state index >= 15 is 0 Å². The van der Waals surface area contributed by atoms with E-state index in [1.807, 2.05) is 79.3 Å². The molecule has 0 aliphatic rings. The minimum Gasteiger partial charge on any atom is -0.361 e. The Morgan fingerprint density at radius 1 is 1.12 bits per heavy atom. The fraction of sp³-hybridized carbons (Fsp3) is 0.143. The van der Waals surface area contributed by atoms with E-state index in [4.69, 9.17) is 0 Å². The van der Waals surface area contributed by atoms with E-state index in [1.54, 1.807) is 0 Å². The molecular formula is C21H20N4O. The standard InChI is InChI=1S/C21H20N4O/c1-14-19(15(2)25(24-14)18-6-4-3-5-7-18)13-21(26)23-17-8-9-20-16(12-17)10-11-22-20/h3-12,22H,13H2,1-2H3,(H,23,26). The number of anilines is 1. The van der Waals surface area contributed by atoms with E-state index in [2.05, 4.69) is 15.4 Å². The van der Waals surface area contributed by atoms with Crippen LogP contribution in [0.1, 0.15) is 17.0 Å². The number of benzene rings is 2. The smallest absolute Gasteiger partial charge is 0.228 e. The fourth-order valence-corrected chi connectivity index (χ4v) is 3.25. The number of nitrogens with zero attached hydrogens (tertiary/aromatic N) is 2. The maximum Gasteiger partial charge on any atom is 0.228 e. The number of hydrogen-bond acceptors (Lipinski definition) is 2. The quantitative estimate of drug-likeness (QED) is 0.584. The Kier molecular flexibility index (Phi) is 4.05. The van der Waals surface area contributed by atoms with Gasteiger partial charge in [0.25, 0.3) is 0 Å². The lowest BCUT2D eigenvalue weighted by Gasteiger charge is -2.07. The summed E-state index contributed by atoms with van der Waals surface area (Å²) in [5.41, 5.74) is 5.69. The molecule has 2 N–H and O–H groups in total. The molecule has 0 unspecified atom stereocenters. The minimum atomic E-state index is -0.0429. The first-order valence-electron chi connectivity index (χ1n) is 8.59. The Balaban J connectivity index is 1.55. The molecule has 0 fully saturated rings. The van der Waals surface area contributed by atoms with Crippen molar-refractivity contribution in [2.24, 2.45) is 0 Å². The second-order valence-corrected chi connectivity index (χ2v) is 6.40. The second-order valence-electron chi connectivity index (χ2n) is 6.40. The molecule has 2 aromatic heterocycles. The van der Waals surface area contributed by atoms with Gasteiger partial charge in [0.05, 0.1) is 17.8 Å². The number of para-hydroxylation sites is 1. The van der Waals surface area contributed by atoms with Crippen LogP contribution < -0.4 is 5.32 Å². The average Bonchev–Trinajstić information content (AvgIpc) is 3.21. The Morgan fingerprint density at radius 2 is 1.92 bits per heavy atom. The number of aromatic amines is 1. The van der Waals surface area contributed by atoms with Crippen molar-refractivity contribution < 1.29 is 4.79 Å². The van der Waals surface area contributed by atoms with E-state index in [-0.39, 0.29) is 5.91 Å². The van der Waals surface area contributed by atoms with Crippen molar-refractivity contribution in [2.75, 3.05) is 5.32 Å². The summed E-state index contributed by atoms with van der Waals surface area (Å²) in [6, 6.07) is 17.8. The van der Waals surface area contributed by atoms with Gasteiger partial charge in [0.2, 0.25) is 5.91 Å². The van der Waals surface area contributed by atoms with Crippen LogP contribution in [0.5, 0.6) is 0 Å². The Bertz CT molecular complexity index is 1080. The van der Waals surface area contributed by atoms with Crippen LogP contribution in [0, 0.1) is 13.8 Å². The highest BCUT2D eigenvalue weighted by atomic mass is 16.1. The van der Waals surface area contributed by atoms with E-state index in [0.717, 1.165) is 39.2 Å². The number of fused-ring (bicyclic) bond motifs is 1. The molecule has 130 valence electrons. The minimum absolute atomic E-state index is 0.0429. The molecule has 26 heavy (non-hydrogen) atoms. The normalized spacial score (nSPS) is 11.0. The highest BCUT2D eigenvalue weighted by molar-refractivity contribution is 5.95. The molecule has 4 rings (SSSR count). The number of rotatable bonds is 4. The molecule has 5 nitrogen and oxygen atoms in total. The largest absolute Gasteiger partial charge is 0.361 e. The zero-order valence-electron chi connectivity index (χ0n) is 14.8. The van der Waals surface area contributed by atoms with Gasteiger partial charge >= 0.3 is 0 Å². The number of carbonyl (C=O) groups is 1. The molecule has 1 amide bonds. The topological polar surface area (TPSA) is 62.7 Å². The van der Waals surface area contributed by atoms with E-state index in [9.17, 15) is 4.79 Å². The van der Waals surface area contributed by atoms with Gasteiger partial charge in [0, 0.05) is 34.0 Å². The lowest BCUT2D eigenvalue weighted by Crippen LogP contribution is -2.15. The van der Waals surface area contributed by atoms with Crippen molar-refractivity contribution >= 4 is 22.5 Å². The number of hydrogen-bond donors (Lipinski definition) is 2. The predicted octanol–water partition coefficient (Wildman–Crippen LogP) is 4.15. The van der Waals surface area contributed by atoms with Gasteiger partial charge in [-0.3, -0.25) is 4.79 Å². The molecule has 0 spiro atoms. The average molecular weight is 344 g/mol. The van der Waals surface area contributed by atoms with Gasteiger partial charge in [-0.15, -0.1) is 0 Å². The number of carbonyl (C=O) groups excluding carboxylic acids is 1. The number of aromatic nitrogens is 3. The molecule has 2 aromatic carbocycles. The molecule has 4 aromatic rings. The first-order valence-corrected chi connectivity index (χ1v) is 8.59. The van der Waals surface area contributed by atoms with E-state index in [1.165, 1.54) is 0 Å². The maximum atomic E-state index is 12.6. The van der Waals surface area contributed by atoms with Gasteiger partial charge in [-0.1, -0.05) is 18.2 Å². The van der Waals surface area contributed by atoms with E-state index in [0.29, 0.717) is 6.42 Å². The van der Waals surface area contributed by atoms with Crippen LogP contribution in [0.3, 0.4) is 0 Å². The van der Waals surface area contributed by atoms with Crippen molar-refractivity contribution in [1.82, 2.24) is 14.8 Å². The van der Waals surface area contributed by atoms with Crippen molar-refractivity contribution in [2.45, 2.75) is 20.3 Å². The number of H-pyrrole nitrogens is 1. The molecular weight excluding hydrogens is 324 g/mol. The molecule has 0 saturated carbocycles. The van der Waals surface area contributed by atoms with Crippen LogP contribution in [-0.2, 0) is 11.2 Å². The number of amides is 1. The third-order valence-corrected chi connectivity index (χ3v) is 4.62. The van der Waals surface area contributed by atoms with Crippen molar-refractivity contribution in [3.8, 4) is 5.69 Å². The molecule has 0 bridgehead atoms. The molecule has 0 atom stereocenters. The third kappa shape index (κ3) is 2.99. The second kappa shape index (κ2) is 6.52. The third-order valence-electron chi connectivity index (χ3n) is 4.62. The predicted molar refractivity (Wildman–Crippen MR) is 104 cm³/mol.